The maximum atomic E-state index is 13.0. The van der Waals surface area contributed by atoms with Crippen LogP contribution in [0.3, 0.4) is 0 Å². The summed E-state index contributed by atoms with van der Waals surface area (Å²) in [6, 6.07) is 12.8. The van der Waals surface area contributed by atoms with Crippen molar-refractivity contribution in [3.63, 3.8) is 0 Å². The largest absolute Gasteiger partial charge is 0.339 e. The number of rotatable bonds is 3. The molecule has 0 spiro atoms. The zero-order valence-electron chi connectivity index (χ0n) is 15.6. The van der Waals surface area contributed by atoms with Gasteiger partial charge in [0.25, 0.3) is 0 Å². The minimum atomic E-state index is 0.0901. The van der Waals surface area contributed by atoms with Crippen molar-refractivity contribution in [2.45, 2.75) is 19.4 Å². The summed E-state index contributed by atoms with van der Waals surface area (Å²) >= 11 is 1.82. The lowest BCUT2D eigenvalue weighted by atomic mass is 9.93. The van der Waals surface area contributed by atoms with Crippen LogP contribution in [0.4, 0.5) is 0 Å². The lowest BCUT2D eigenvalue weighted by molar-refractivity contribution is -0.139. The first kappa shape index (κ1) is 18.2. The fraction of sp³-hybridized carbons (Fsp3) is 0.429. The van der Waals surface area contributed by atoms with Gasteiger partial charge in [-0.2, -0.15) is 0 Å². The molecule has 0 N–H and O–H groups in total. The van der Waals surface area contributed by atoms with Gasteiger partial charge in [-0.05, 0) is 29.0 Å². The molecule has 1 aromatic heterocycles. The lowest BCUT2D eigenvalue weighted by Gasteiger charge is -2.39. The number of fused-ring (bicyclic) bond motifs is 1. The average molecular weight is 384 g/mol. The highest BCUT2D eigenvalue weighted by atomic mass is 32.1. The van der Waals surface area contributed by atoms with Gasteiger partial charge in [0, 0.05) is 44.5 Å². The normalized spacial score (nSPS) is 20.4. The van der Waals surface area contributed by atoms with E-state index in [0.717, 1.165) is 13.0 Å². The van der Waals surface area contributed by atoms with Gasteiger partial charge in [0.2, 0.25) is 11.8 Å². The van der Waals surface area contributed by atoms with Crippen molar-refractivity contribution in [3.05, 3.63) is 57.8 Å². The first-order valence-corrected chi connectivity index (χ1v) is 10.4. The van der Waals surface area contributed by atoms with E-state index in [1.54, 1.807) is 6.92 Å². The lowest BCUT2D eigenvalue weighted by Crippen LogP contribution is -2.53. The van der Waals surface area contributed by atoms with Gasteiger partial charge in [-0.15, -0.1) is 11.3 Å². The molecule has 2 amide bonds. The van der Waals surface area contributed by atoms with E-state index < -0.39 is 0 Å². The molecule has 1 aromatic carbocycles. The summed E-state index contributed by atoms with van der Waals surface area (Å²) in [5, 5.41) is 2.16. The van der Waals surface area contributed by atoms with Crippen LogP contribution >= 0.6 is 11.3 Å². The Hall–Kier alpha value is -2.18. The molecule has 0 unspecified atom stereocenters. The second-order valence-corrected chi connectivity index (χ2v) is 8.22. The number of nitrogens with zero attached hydrogens (tertiary/aromatic N) is 3. The van der Waals surface area contributed by atoms with Crippen molar-refractivity contribution in [1.29, 1.82) is 0 Å². The number of piperazine rings is 1. The highest BCUT2D eigenvalue weighted by Gasteiger charge is 2.32. The first-order valence-electron chi connectivity index (χ1n) is 9.52. The number of benzene rings is 1. The highest BCUT2D eigenvalue weighted by molar-refractivity contribution is 7.10. The van der Waals surface area contributed by atoms with Crippen LogP contribution in [0.25, 0.3) is 0 Å². The SMILES string of the molecule is CC(=O)N1CCN(C(=O)CN2CCc3sccc3[C@@H]2c2ccccc2)CC1. The molecule has 142 valence electrons. The van der Waals surface area contributed by atoms with Crippen LogP contribution in [0.15, 0.2) is 41.8 Å². The summed E-state index contributed by atoms with van der Waals surface area (Å²) in [5.41, 5.74) is 2.58. The minimum Gasteiger partial charge on any atom is -0.339 e. The molecule has 0 aliphatic carbocycles. The Balaban J connectivity index is 1.49. The Bertz CT molecular complexity index is 812. The Kier molecular flexibility index (Phi) is 5.27. The van der Waals surface area contributed by atoms with Gasteiger partial charge >= 0.3 is 0 Å². The van der Waals surface area contributed by atoms with Crippen LogP contribution in [-0.2, 0) is 16.0 Å². The second kappa shape index (κ2) is 7.82. The molecule has 6 heteroatoms. The van der Waals surface area contributed by atoms with Crippen molar-refractivity contribution in [2.75, 3.05) is 39.3 Å². The second-order valence-electron chi connectivity index (χ2n) is 7.22. The summed E-state index contributed by atoms with van der Waals surface area (Å²) in [6.45, 7) is 5.45. The van der Waals surface area contributed by atoms with Crippen LogP contribution in [0, 0.1) is 0 Å². The molecule has 4 rings (SSSR count). The third-order valence-corrected chi connectivity index (χ3v) is 6.59. The van der Waals surface area contributed by atoms with Crippen molar-refractivity contribution < 1.29 is 9.59 Å². The summed E-state index contributed by atoms with van der Waals surface area (Å²) in [7, 11) is 0. The van der Waals surface area contributed by atoms with Gasteiger partial charge in [0.1, 0.15) is 0 Å². The third kappa shape index (κ3) is 3.77. The molecular weight excluding hydrogens is 358 g/mol. The van der Waals surface area contributed by atoms with Crippen LogP contribution in [0.1, 0.15) is 29.0 Å². The van der Waals surface area contributed by atoms with E-state index in [4.69, 9.17) is 0 Å². The van der Waals surface area contributed by atoms with E-state index in [1.807, 2.05) is 27.2 Å². The van der Waals surface area contributed by atoms with Gasteiger partial charge < -0.3 is 9.80 Å². The van der Waals surface area contributed by atoms with Gasteiger partial charge in [-0.3, -0.25) is 14.5 Å². The molecule has 27 heavy (non-hydrogen) atoms. The smallest absolute Gasteiger partial charge is 0.236 e. The predicted molar refractivity (Wildman–Crippen MR) is 107 cm³/mol. The van der Waals surface area contributed by atoms with E-state index in [9.17, 15) is 9.59 Å². The zero-order valence-corrected chi connectivity index (χ0v) is 16.5. The van der Waals surface area contributed by atoms with Gasteiger partial charge in [0.15, 0.2) is 0 Å². The fourth-order valence-electron chi connectivity index (χ4n) is 4.11. The standard InChI is InChI=1S/C21H25N3O2S/c1-16(25)22-10-12-23(13-11-22)20(26)15-24-9-7-19-18(8-14-27-19)21(24)17-5-3-2-4-6-17/h2-6,8,14,21H,7,9-13,15H2,1H3/t21-/m0/s1. The Morgan fingerprint density at radius 3 is 2.41 bits per heavy atom. The number of carbonyl (C=O) groups is 2. The van der Waals surface area contributed by atoms with E-state index in [0.29, 0.717) is 32.7 Å². The molecule has 2 aliphatic heterocycles. The molecule has 5 nitrogen and oxygen atoms in total. The zero-order chi connectivity index (χ0) is 18.8. The molecule has 1 saturated heterocycles. The molecule has 0 saturated carbocycles. The molecule has 1 fully saturated rings. The average Bonchev–Trinajstić information content (AvgIpc) is 3.17. The number of hydrogen-bond acceptors (Lipinski definition) is 4. The molecule has 1 atom stereocenters. The molecule has 0 bridgehead atoms. The van der Waals surface area contributed by atoms with Crippen LogP contribution < -0.4 is 0 Å². The first-order chi connectivity index (χ1) is 13.1. The Morgan fingerprint density at radius 2 is 1.70 bits per heavy atom. The summed E-state index contributed by atoms with van der Waals surface area (Å²) in [5.74, 6) is 0.255. The molecule has 2 aliphatic rings. The molecule has 0 radical (unpaired) electrons. The summed E-state index contributed by atoms with van der Waals surface area (Å²) in [6.07, 6.45) is 1.00. The minimum absolute atomic E-state index is 0.0901. The Morgan fingerprint density at radius 1 is 1.00 bits per heavy atom. The predicted octanol–water partition coefficient (Wildman–Crippen LogP) is 2.39. The number of carbonyl (C=O) groups excluding carboxylic acids is 2. The van der Waals surface area contributed by atoms with Crippen molar-refractivity contribution >= 4 is 23.2 Å². The molecule has 2 aromatic rings. The fourth-order valence-corrected chi connectivity index (χ4v) is 5.01. The van der Waals surface area contributed by atoms with E-state index >= 15 is 0 Å². The van der Waals surface area contributed by atoms with Gasteiger partial charge in [-0.25, -0.2) is 0 Å². The van der Waals surface area contributed by atoms with Gasteiger partial charge in [0.05, 0.1) is 12.6 Å². The third-order valence-electron chi connectivity index (χ3n) is 5.60. The molecule has 3 heterocycles. The number of hydrogen-bond donors (Lipinski definition) is 0. The van der Waals surface area contributed by atoms with Gasteiger partial charge in [-0.1, -0.05) is 30.3 Å². The summed E-state index contributed by atoms with van der Waals surface area (Å²) < 4.78 is 0. The van der Waals surface area contributed by atoms with Crippen LogP contribution in [0.2, 0.25) is 0 Å². The van der Waals surface area contributed by atoms with E-state index in [1.165, 1.54) is 16.0 Å². The van der Waals surface area contributed by atoms with Crippen molar-refractivity contribution in [2.24, 2.45) is 0 Å². The van der Waals surface area contributed by atoms with Crippen molar-refractivity contribution in [3.8, 4) is 0 Å². The monoisotopic (exact) mass is 383 g/mol. The maximum absolute atomic E-state index is 13.0. The number of amides is 2. The Labute approximate surface area is 164 Å². The molecular formula is C21H25N3O2S. The summed E-state index contributed by atoms with van der Waals surface area (Å²) in [4.78, 5) is 31.9. The van der Waals surface area contributed by atoms with Crippen molar-refractivity contribution in [1.82, 2.24) is 14.7 Å². The topological polar surface area (TPSA) is 43.9 Å². The van der Waals surface area contributed by atoms with E-state index in [-0.39, 0.29) is 17.9 Å². The maximum Gasteiger partial charge on any atom is 0.236 e. The highest BCUT2D eigenvalue weighted by Crippen LogP contribution is 2.37. The quantitative estimate of drug-likeness (QED) is 0.817. The van der Waals surface area contributed by atoms with Crippen LogP contribution in [0.5, 0.6) is 0 Å². The van der Waals surface area contributed by atoms with Crippen LogP contribution in [-0.4, -0.2) is 65.8 Å². The number of thiophene rings is 1. The van der Waals surface area contributed by atoms with E-state index in [2.05, 4.69) is 40.6 Å².